The van der Waals surface area contributed by atoms with Gasteiger partial charge in [-0.2, -0.15) is 17.9 Å². The topological polar surface area (TPSA) is 23.8 Å². The van der Waals surface area contributed by atoms with Crippen molar-refractivity contribution in [2.45, 2.75) is 12.2 Å². The third kappa shape index (κ3) is 1.94. The molecule has 0 saturated heterocycles. The van der Waals surface area contributed by atoms with Crippen molar-refractivity contribution < 1.29 is 0 Å². The van der Waals surface area contributed by atoms with Crippen molar-refractivity contribution in [3.05, 3.63) is 34.3 Å². The highest BCUT2D eigenvalue weighted by atomic mass is 35.5. The van der Waals surface area contributed by atoms with E-state index in [0.717, 1.165) is 11.1 Å². The number of hydrogen-bond acceptors (Lipinski definition) is 2. The first-order valence-electron chi connectivity index (χ1n) is 3.49. The van der Waals surface area contributed by atoms with E-state index in [1.165, 1.54) is 0 Å². The third-order valence-corrected chi connectivity index (χ3v) is 2.28. The lowest BCUT2D eigenvalue weighted by molar-refractivity contribution is 1.19. The maximum absolute atomic E-state index is 8.62. The molecule has 0 heterocycles. The van der Waals surface area contributed by atoms with Gasteiger partial charge in [0.15, 0.2) is 0 Å². The molecule has 62 valence electrons. The lowest BCUT2D eigenvalue weighted by Gasteiger charge is -2.06. The molecule has 1 aromatic carbocycles. The Hall–Kier alpha value is -0.650. The van der Waals surface area contributed by atoms with E-state index in [4.69, 9.17) is 16.9 Å². The van der Waals surface area contributed by atoms with Gasteiger partial charge < -0.3 is 0 Å². The SMILES string of the molecule is Cc1cc(Cl)ccc1C(S)C#N. The summed E-state index contributed by atoms with van der Waals surface area (Å²) in [7, 11) is 0. The van der Waals surface area contributed by atoms with Gasteiger partial charge in [-0.1, -0.05) is 17.7 Å². The van der Waals surface area contributed by atoms with E-state index in [1.807, 2.05) is 19.1 Å². The van der Waals surface area contributed by atoms with Gasteiger partial charge in [-0.25, -0.2) is 0 Å². The summed E-state index contributed by atoms with van der Waals surface area (Å²) in [6.45, 7) is 1.92. The second-order valence-corrected chi connectivity index (χ2v) is 3.49. The van der Waals surface area contributed by atoms with Crippen LogP contribution in [0, 0.1) is 18.3 Å². The van der Waals surface area contributed by atoms with E-state index in [1.54, 1.807) is 6.07 Å². The van der Waals surface area contributed by atoms with Gasteiger partial charge in [0.1, 0.15) is 5.25 Å². The zero-order valence-electron chi connectivity index (χ0n) is 6.58. The second kappa shape index (κ2) is 3.84. The molecule has 0 aliphatic rings. The molecule has 1 unspecified atom stereocenters. The molecule has 0 radical (unpaired) electrons. The summed E-state index contributed by atoms with van der Waals surface area (Å²) in [5.74, 6) is 0. The number of thiol groups is 1. The first-order chi connectivity index (χ1) is 5.65. The van der Waals surface area contributed by atoms with Crippen molar-refractivity contribution in [2.24, 2.45) is 0 Å². The summed E-state index contributed by atoms with van der Waals surface area (Å²) >= 11 is 9.88. The summed E-state index contributed by atoms with van der Waals surface area (Å²) < 4.78 is 0. The molecule has 0 aliphatic carbocycles. The highest BCUT2D eigenvalue weighted by molar-refractivity contribution is 7.80. The molecule has 0 amide bonds. The molecule has 0 aliphatic heterocycles. The number of halogens is 1. The maximum Gasteiger partial charge on any atom is 0.114 e. The molecule has 0 aromatic heterocycles. The van der Waals surface area contributed by atoms with Crippen molar-refractivity contribution in [1.29, 1.82) is 5.26 Å². The highest BCUT2D eigenvalue weighted by Crippen LogP contribution is 2.24. The summed E-state index contributed by atoms with van der Waals surface area (Å²) in [5.41, 5.74) is 1.93. The maximum atomic E-state index is 8.62. The summed E-state index contributed by atoms with van der Waals surface area (Å²) in [6, 6.07) is 7.49. The Kier molecular flexibility index (Phi) is 3.02. The molecule has 0 saturated carbocycles. The fourth-order valence-corrected chi connectivity index (χ4v) is 1.53. The first kappa shape index (κ1) is 9.44. The quantitative estimate of drug-likeness (QED) is 0.688. The monoisotopic (exact) mass is 197 g/mol. The molecule has 0 fully saturated rings. The zero-order chi connectivity index (χ0) is 9.14. The Morgan fingerprint density at radius 3 is 2.75 bits per heavy atom. The van der Waals surface area contributed by atoms with Gasteiger partial charge in [0.05, 0.1) is 6.07 Å². The van der Waals surface area contributed by atoms with Crippen LogP contribution >= 0.6 is 24.2 Å². The minimum absolute atomic E-state index is 0.359. The van der Waals surface area contributed by atoms with Crippen LogP contribution < -0.4 is 0 Å². The fourth-order valence-electron chi connectivity index (χ4n) is 1.02. The molecule has 12 heavy (non-hydrogen) atoms. The van der Waals surface area contributed by atoms with Crippen LogP contribution in [0.15, 0.2) is 18.2 Å². The van der Waals surface area contributed by atoms with Crippen molar-refractivity contribution >= 4 is 24.2 Å². The molecule has 1 nitrogen and oxygen atoms in total. The fraction of sp³-hybridized carbons (Fsp3) is 0.222. The van der Waals surface area contributed by atoms with Crippen LogP contribution in [0.3, 0.4) is 0 Å². The van der Waals surface area contributed by atoms with Crippen molar-refractivity contribution in [2.75, 3.05) is 0 Å². The summed E-state index contributed by atoms with van der Waals surface area (Å²) in [5, 5.41) is 8.95. The van der Waals surface area contributed by atoms with Crippen LogP contribution in [0.4, 0.5) is 0 Å². The van der Waals surface area contributed by atoms with E-state index < -0.39 is 0 Å². The predicted molar refractivity (Wildman–Crippen MR) is 53.5 cm³/mol. The van der Waals surface area contributed by atoms with Crippen molar-refractivity contribution in [1.82, 2.24) is 0 Å². The van der Waals surface area contributed by atoms with Crippen LogP contribution in [0.25, 0.3) is 0 Å². The molecule has 0 bridgehead atoms. The predicted octanol–water partition coefficient (Wildman–Crippen LogP) is 3.14. The van der Waals surface area contributed by atoms with E-state index in [9.17, 15) is 0 Å². The van der Waals surface area contributed by atoms with E-state index >= 15 is 0 Å². The minimum Gasteiger partial charge on any atom is -0.197 e. The number of aryl methyl sites for hydroxylation is 1. The zero-order valence-corrected chi connectivity index (χ0v) is 8.23. The lowest BCUT2D eigenvalue weighted by atomic mass is 10.1. The average molecular weight is 198 g/mol. The van der Waals surface area contributed by atoms with Gasteiger partial charge in [-0.3, -0.25) is 0 Å². The summed E-state index contributed by atoms with van der Waals surface area (Å²) in [6.07, 6.45) is 0. The average Bonchev–Trinajstić information content (AvgIpc) is 2.03. The molecular formula is C9H8ClNS. The Morgan fingerprint density at radius 1 is 1.58 bits per heavy atom. The van der Waals surface area contributed by atoms with Gasteiger partial charge in [0.2, 0.25) is 0 Å². The molecule has 3 heteroatoms. The largest absolute Gasteiger partial charge is 0.197 e. The van der Waals surface area contributed by atoms with Gasteiger partial charge in [0, 0.05) is 5.02 Å². The Bertz CT molecular complexity index is 330. The molecule has 1 aromatic rings. The smallest absolute Gasteiger partial charge is 0.114 e. The van der Waals surface area contributed by atoms with Crippen LogP contribution in [-0.2, 0) is 0 Å². The van der Waals surface area contributed by atoms with Gasteiger partial charge in [-0.15, -0.1) is 0 Å². The van der Waals surface area contributed by atoms with Gasteiger partial charge >= 0.3 is 0 Å². The Balaban J connectivity index is 3.11. The van der Waals surface area contributed by atoms with Crippen molar-refractivity contribution in [3.63, 3.8) is 0 Å². The Labute approximate surface area is 82.4 Å². The second-order valence-electron chi connectivity index (χ2n) is 2.53. The third-order valence-electron chi connectivity index (χ3n) is 1.65. The first-order valence-corrected chi connectivity index (χ1v) is 4.38. The number of benzene rings is 1. The van der Waals surface area contributed by atoms with Crippen LogP contribution in [0.2, 0.25) is 5.02 Å². The number of rotatable bonds is 1. The Morgan fingerprint density at radius 2 is 2.25 bits per heavy atom. The standard InChI is InChI=1S/C9H8ClNS/c1-6-4-7(10)2-3-8(6)9(12)5-11/h2-4,9,12H,1H3. The van der Waals surface area contributed by atoms with Crippen LogP contribution in [-0.4, -0.2) is 0 Å². The summed E-state index contributed by atoms with van der Waals surface area (Å²) in [4.78, 5) is 0. The number of nitrogens with zero attached hydrogens (tertiary/aromatic N) is 1. The molecule has 0 spiro atoms. The molecule has 0 N–H and O–H groups in total. The minimum atomic E-state index is -0.359. The van der Waals surface area contributed by atoms with Gasteiger partial charge in [-0.05, 0) is 30.2 Å². The molecule has 1 atom stereocenters. The van der Waals surface area contributed by atoms with Crippen LogP contribution in [0.1, 0.15) is 16.4 Å². The van der Waals surface area contributed by atoms with Crippen LogP contribution in [0.5, 0.6) is 0 Å². The number of nitriles is 1. The lowest BCUT2D eigenvalue weighted by Crippen LogP contribution is -1.90. The molecule has 1 rings (SSSR count). The molecular weight excluding hydrogens is 190 g/mol. The number of hydrogen-bond donors (Lipinski definition) is 1. The highest BCUT2D eigenvalue weighted by Gasteiger charge is 2.07. The van der Waals surface area contributed by atoms with Gasteiger partial charge in [0.25, 0.3) is 0 Å². The van der Waals surface area contributed by atoms with E-state index in [2.05, 4.69) is 18.7 Å². The normalized spacial score (nSPS) is 12.2. The van der Waals surface area contributed by atoms with Crippen molar-refractivity contribution in [3.8, 4) is 6.07 Å². The van der Waals surface area contributed by atoms with E-state index in [0.29, 0.717) is 5.02 Å². The van der Waals surface area contributed by atoms with E-state index in [-0.39, 0.29) is 5.25 Å².